The first-order valence-electron chi connectivity index (χ1n) is 11.4. The number of esters is 1. The number of carbonyl (C=O) groups is 2. The van der Waals surface area contributed by atoms with Crippen LogP contribution in [0.5, 0.6) is 0 Å². The zero-order chi connectivity index (χ0) is 26.1. The number of pyridine rings is 4. The van der Waals surface area contributed by atoms with Gasteiger partial charge in [0.15, 0.2) is 0 Å². The van der Waals surface area contributed by atoms with E-state index < -0.39 is 17.5 Å². The molecule has 4 aromatic heterocycles. The Kier molecular flexibility index (Phi) is 6.69. The summed E-state index contributed by atoms with van der Waals surface area (Å²) in [6.07, 6.45) is 1.38. The minimum absolute atomic E-state index is 0.0439. The molecule has 0 amide bonds. The molecule has 0 unspecified atom stereocenters. The minimum atomic E-state index is -1.08. The predicted octanol–water partition coefficient (Wildman–Crippen LogP) is 2.35. The van der Waals surface area contributed by atoms with Gasteiger partial charge in [0.1, 0.15) is 0 Å². The molecular weight excluding hydrogens is 464 g/mol. The zero-order valence-electron chi connectivity index (χ0n) is 20.4. The fourth-order valence-corrected chi connectivity index (χ4v) is 4.66. The summed E-state index contributed by atoms with van der Waals surface area (Å²) in [5, 5.41) is 10.6. The van der Waals surface area contributed by atoms with E-state index in [0.717, 1.165) is 11.1 Å². The standard InChI is InChI=1S/C26H26N4O6/c1-12-17(10-21(31)32)25(34)30-20-9-16(28-15(4)24(12)20)6-8-36-22(33)11-18-13(2)23-14(3)27-7-5-19(23)29-26(18)35/h5,7,9H,6,8,10-11H2,1-4H3,(H,29,35)(H,30,34)(H,31,32). The molecule has 0 spiro atoms. The summed E-state index contributed by atoms with van der Waals surface area (Å²) in [5.41, 5.74) is 4.25. The fourth-order valence-electron chi connectivity index (χ4n) is 4.66. The average Bonchev–Trinajstić information content (AvgIpc) is 2.78. The van der Waals surface area contributed by atoms with Crippen molar-refractivity contribution in [1.82, 2.24) is 19.9 Å². The maximum absolute atomic E-state index is 12.5. The molecule has 0 aliphatic carbocycles. The Hall–Kier alpha value is -4.34. The van der Waals surface area contributed by atoms with Crippen LogP contribution >= 0.6 is 0 Å². The van der Waals surface area contributed by atoms with Crippen LogP contribution < -0.4 is 11.1 Å². The summed E-state index contributed by atoms with van der Waals surface area (Å²) >= 11 is 0. The number of nitrogens with zero attached hydrogens (tertiary/aromatic N) is 2. The second-order valence-corrected chi connectivity index (χ2v) is 8.77. The molecule has 4 rings (SSSR count). The predicted molar refractivity (Wildman–Crippen MR) is 133 cm³/mol. The van der Waals surface area contributed by atoms with Gasteiger partial charge in [0, 0.05) is 51.6 Å². The summed E-state index contributed by atoms with van der Waals surface area (Å²) in [4.78, 5) is 62.9. The highest BCUT2D eigenvalue weighted by molar-refractivity contribution is 5.87. The fraction of sp³-hybridized carbons (Fsp3) is 0.308. The van der Waals surface area contributed by atoms with Gasteiger partial charge in [-0.25, -0.2) is 0 Å². The van der Waals surface area contributed by atoms with Gasteiger partial charge in [-0.2, -0.15) is 0 Å². The van der Waals surface area contributed by atoms with E-state index in [4.69, 9.17) is 9.84 Å². The molecule has 0 aliphatic rings. The number of aromatic amines is 2. The molecule has 0 atom stereocenters. The van der Waals surface area contributed by atoms with Gasteiger partial charge < -0.3 is 19.8 Å². The molecule has 3 N–H and O–H groups in total. The number of aromatic nitrogens is 4. The van der Waals surface area contributed by atoms with E-state index in [-0.39, 0.29) is 30.6 Å². The molecule has 10 heteroatoms. The molecule has 4 aromatic rings. The summed E-state index contributed by atoms with van der Waals surface area (Å²) in [5.74, 6) is -1.62. The third-order valence-electron chi connectivity index (χ3n) is 6.36. The molecule has 186 valence electrons. The number of hydrogen-bond acceptors (Lipinski definition) is 7. The lowest BCUT2D eigenvalue weighted by molar-refractivity contribution is -0.142. The molecule has 0 saturated heterocycles. The van der Waals surface area contributed by atoms with E-state index in [1.807, 2.05) is 6.92 Å². The highest BCUT2D eigenvalue weighted by Gasteiger charge is 2.17. The van der Waals surface area contributed by atoms with Crippen molar-refractivity contribution in [3.05, 3.63) is 78.4 Å². The lowest BCUT2D eigenvalue weighted by Crippen LogP contribution is -2.21. The summed E-state index contributed by atoms with van der Waals surface area (Å²) in [6, 6.07) is 3.42. The smallest absolute Gasteiger partial charge is 0.310 e. The zero-order valence-corrected chi connectivity index (χ0v) is 20.4. The Morgan fingerprint density at radius 3 is 2.19 bits per heavy atom. The lowest BCUT2D eigenvalue weighted by Gasteiger charge is -2.12. The van der Waals surface area contributed by atoms with Crippen LogP contribution in [0.1, 0.15) is 39.3 Å². The van der Waals surface area contributed by atoms with Crippen molar-refractivity contribution in [2.24, 2.45) is 0 Å². The number of fused-ring (bicyclic) bond motifs is 2. The third kappa shape index (κ3) is 4.74. The van der Waals surface area contributed by atoms with Crippen molar-refractivity contribution in [2.75, 3.05) is 6.61 Å². The highest BCUT2D eigenvalue weighted by Crippen LogP contribution is 2.22. The minimum Gasteiger partial charge on any atom is -0.481 e. The number of ether oxygens (including phenoxy) is 1. The Bertz CT molecular complexity index is 1650. The van der Waals surface area contributed by atoms with Gasteiger partial charge in [-0.05, 0) is 51.0 Å². The first-order chi connectivity index (χ1) is 17.1. The number of hydrogen-bond donors (Lipinski definition) is 3. The Balaban J connectivity index is 1.49. The lowest BCUT2D eigenvalue weighted by atomic mass is 10.0. The van der Waals surface area contributed by atoms with E-state index in [0.29, 0.717) is 50.9 Å². The number of carbonyl (C=O) groups excluding carboxylic acids is 1. The Labute approximate surface area is 205 Å². The van der Waals surface area contributed by atoms with E-state index in [9.17, 15) is 19.2 Å². The number of rotatable bonds is 7. The van der Waals surface area contributed by atoms with Crippen molar-refractivity contribution in [3.63, 3.8) is 0 Å². The van der Waals surface area contributed by atoms with Crippen molar-refractivity contribution >= 4 is 33.7 Å². The van der Waals surface area contributed by atoms with Crippen LogP contribution in [0.15, 0.2) is 27.9 Å². The van der Waals surface area contributed by atoms with Crippen LogP contribution in [0.25, 0.3) is 21.8 Å². The van der Waals surface area contributed by atoms with E-state index in [2.05, 4.69) is 19.9 Å². The number of carboxylic acid groups (broad SMARTS) is 1. The molecule has 0 fully saturated rings. The molecule has 0 bridgehead atoms. The maximum atomic E-state index is 12.5. The van der Waals surface area contributed by atoms with Gasteiger partial charge in [0.05, 0.1) is 30.5 Å². The second kappa shape index (κ2) is 9.73. The molecular formula is C26H26N4O6. The number of aryl methyl sites for hydroxylation is 4. The van der Waals surface area contributed by atoms with Gasteiger partial charge in [0.2, 0.25) is 0 Å². The Morgan fingerprint density at radius 1 is 0.917 bits per heavy atom. The number of carboxylic acids is 1. The number of aliphatic carboxylic acids is 1. The van der Waals surface area contributed by atoms with E-state index >= 15 is 0 Å². The largest absolute Gasteiger partial charge is 0.481 e. The van der Waals surface area contributed by atoms with Gasteiger partial charge in [-0.1, -0.05) is 0 Å². The molecule has 0 radical (unpaired) electrons. The molecule has 0 aromatic carbocycles. The van der Waals surface area contributed by atoms with Crippen LogP contribution in [0.3, 0.4) is 0 Å². The maximum Gasteiger partial charge on any atom is 0.310 e. The van der Waals surface area contributed by atoms with Crippen molar-refractivity contribution < 1.29 is 19.4 Å². The molecule has 36 heavy (non-hydrogen) atoms. The molecule has 4 heterocycles. The highest BCUT2D eigenvalue weighted by atomic mass is 16.5. The number of H-pyrrole nitrogens is 2. The van der Waals surface area contributed by atoms with Crippen molar-refractivity contribution in [1.29, 1.82) is 0 Å². The van der Waals surface area contributed by atoms with Crippen LogP contribution in [-0.4, -0.2) is 43.6 Å². The van der Waals surface area contributed by atoms with E-state index in [1.165, 1.54) is 0 Å². The van der Waals surface area contributed by atoms with Crippen LogP contribution in [0.4, 0.5) is 0 Å². The molecule has 0 aliphatic heterocycles. The van der Waals surface area contributed by atoms with Crippen LogP contribution in [0.2, 0.25) is 0 Å². The van der Waals surface area contributed by atoms with Gasteiger partial charge in [-0.3, -0.25) is 29.1 Å². The molecule has 0 saturated carbocycles. The van der Waals surface area contributed by atoms with Crippen molar-refractivity contribution in [3.8, 4) is 0 Å². The second-order valence-electron chi connectivity index (χ2n) is 8.77. The quantitative estimate of drug-likeness (QED) is 0.334. The SMILES string of the molecule is Cc1nccc2[nH]c(=O)c(CC(=O)OCCc3cc4[nH]c(=O)c(CC(=O)O)c(C)c4c(C)n3)c(C)c12. The van der Waals surface area contributed by atoms with Crippen molar-refractivity contribution in [2.45, 2.75) is 47.0 Å². The summed E-state index contributed by atoms with van der Waals surface area (Å²) in [6.45, 7) is 7.17. The average molecular weight is 491 g/mol. The summed E-state index contributed by atoms with van der Waals surface area (Å²) in [7, 11) is 0. The van der Waals surface area contributed by atoms with Gasteiger partial charge in [0.25, 0.3) is 11.1 Å². The van der Waals surface area contributed by atoms with Crippen LogP contribution in [0, 0.1) is 27.7 Å². The van der Waals surface area contributed by atoms with Gasteiger partial charge >= 0.3 is 11.9 Å². The first kappa shape index (κ1) is 24.8. The van der Waals surface area contributed by atoms with Gasteiger partial charge in [-0.15, -0.1) is 0 Å². The number of nitrogens with one attached hydrogen (secondary N) is 2. The first-order valence-corrected chi connectivity index (χ1v) is 11.4. The third-order valence-corrected chi connectivity index (χ3v) is 6.36. The van der Waals surface area contributed by atoms with Crippen LogP contribution in [-0.2, 0) is 33.6 Å². The van der Waals surface area contributed by atoms with E-state index in [1.54, 1.807) is 39.1 Å². The monoisotopic (exact) mass is 490 g/mol. The molecule has 10 nitrogen and oxygen atoms in total. The summed E-state index contributed by atoms with van der Waals surface area (Å²) < 4.78 is 5.38. The normalized spacial score (nSPS) is 11.2. The Morgan fingerprint density at radius 2 is 1.53 bits per heavy atom. The topological polar surface area (TPSA) is 155 Å².